The quantitative estimate of drug-likeness (QED) is 0.627. The van der Waals surface area contributed by atoms with Gasteiger partial charge in [0, 0.05) is 5.57 Å². The Bertz CT molecular complexity index is 931. The molecule has 1 aliphatic rings. The van der Waals surface area contributed by atoms with Gasteiger partial charge >= 0.3 is 5.97 Å². The third-order valence-electron chi connectivity index (χ3n) is 4.46. The van der Waals surface area contributed by atoms with Crippen LogP contribution in [0.25, 0.3) is 5.70 Å². The zero-order chi connectivity index (χ0) is 19.6. The lowest BCUT2D eigenvalue weighted by Crippen LogP contribution is -2.44. The number of carbonyl (C=O) groups excluding carboxylic acids is 2. The molecule has 2 aromatic rings. The smallest absolute Gasteiger partial charge is 0.337 e. The number of hydrogen-bond donors (Lipinski definition) is 2. The van der Waals surface area contributed by atoms with E-state index in [9.17, 15) is 9.59 Å². The number of methoxy groups -OCH3 is 1. The maximum atomic E-state index is 12.5. The molecule has 0 unspecified atom stereocenters. The van der Waals surface area contributed by atoms with Crippen molar-refractivity contribution >= 4 is 34.8 Å². The van der Waals surface area contributed by atoms with Gasteiger partial charge in [-0.2, -0.15) is 0 Å². The molecule has 0 fully saturated rings. The molecule has 0 bridgehead atoms. The molecular weight excluding hydrogens is 360 g/mol. The highest BCUT2D eigenvalue weighted by molar-refractivity contribution is 7.80. The summed E-state index contributed by atoms with van der Waals surface area (Å²) in [6.07, 6.45) is 0. The Morgan fingerprint density at radius 3 is 2.22 bits per heavy atom. The van der Waals surface area contributed by atoms with Crippen LogP contribution >= 0.6 is 12.2 Å². The highest BCUT2D eigenvalue weighted by atomic mass is 32.1. The van der Waals surface area contributed by atoms with Gasteiger partial charge in [-0.25, -0.2) is 4.79 Å². The third kappa shape index (κ3) is 3.90. The van der Waals surface area contributed by atoms with Gasteiger partial charge in [-0.1, -0.05) is 42.0 Å². The number of Topliss-reactive ketones (excluding diaryl/α,β-unsaturated/α-hetero) is 1. The van der Waals surface area contributed by atoms with Gasteiger partial charge in [-0.15, -0.1) is 0 Å². The van der Waals surface area contributed by atoms with E-state index in [0.29, 0.717) is 21.9 Å². The van der Waals surface area contributed by atoms with Crippen LogP contribution in [0, 0.1) is 6.92 Å². The predicted octanol–water partition coefficient (Wildman–Crippen LogP) is 3.30. The van der Waals surface area contributed by atoms with E-state index in [-0.39, 0.29) is 5.78 Å². The second-order valence-corrected chi connectivity index (χ2v) is 6.76. The first-order valence-electron chi connectivity index (χ1n) is 8.48. The van der Waals surface area contributed by atoms with Crippen molar-refractivity contribution in [1.82, 2.24) is 10.6 Å². The standard InChI is InChI=1S/C21H20N2O3S/c1-12-4-6-14(7-5-12)18-17(13(2)24)19(23-21(27)22-18)15-8-10-16(11-9-15)20(25)26-3/h4-11,19H,1-3H3,(H2,22,23,27)/t19-/m1/s1. The maximum absolute atomic E-state index is 12.5. The normalized spacial score (nSPS) is 16.4. The van der Waals surface area contributed by atoms with Crippen LogP contribution in [0.5, 0.6) is 0 Å². The third-order valence-corrected chi connectivity index (χ3v) is 4.68. The summed E-state index contributed by atoms with van der Waals surface area (Å²) in [7, 11) is 1.34. The Hall–Kier alpha value is -2.99. The minimum absolute atomic E-state index is 0.0601. The van der Waals surface area contributed by atoms with E-state index in [1.807, 2.05) is 31.2 Å². The molecule has 6 heteroatoms. The Labute approximate surface area is 163 Å². The lowest BCUT2D eigenvalue weighted by Gasteiger charge is -2.31. The Balaban J connectivity index is 2.08. The summed E-state index contributed by atoms with van der Waals surface area (Å²) in [6.45, 7) is 3.55. The van der Waals surface area contributed by atoms with E-state index >= 15 is 0 Å². The number of esters is 1. The van der Waals surface area contributed by atoms with Crippen molar-refractivity contribution in [3.05, 3.63) is 76.4 Å². The summed E-state index contributed by atoms with van der Waals surface area (Å²) >= 11 is 5.37. The number of ether oxygens (including phenoxy) is 1. The lowest BCUT2D eigenvalue weighted by atomic mass is 9.90. The number of aryl methyl sites for hydroxylation is 1. The Morgan fingerprint density at radius 1 is 1.04 bits per heavy atom. The molecule has 1 aliphatic heterocycles. The van der Waals surface area contributed by atoms with Crippen molar-refractivity contribution < 1.29 is 14.3 Å². The SMILES string of the molecule is COC(=O)c1ccc([C@H]2NC(=S)NC(c3ccc(C)cc3)=C2C(C)=O)cc1. The topological polar surface area (TPSA) is 67.4 Å². The first kappa shape index (κ1) is 18.8. The molecule has 0 amide bonds. The van der Waals surface area contributed by atoms with E-state index < -0.39 is 12.0 Å². The summed E-state index contributed by atoms with van der Waals surface area (Å²) in [5.41, 5.74) is 4.61. The molecule has 2 N–H and O–H groups in total. The molecule has 5 nitrogen and oxygen atoms in total. The van der Waals surface area contributed by atoms with E-state index in [4.69, 9.17) is 17.0 Å². The number of benzene rings is 2. The van der Waals surface area contributed by atoms with Crippen molar-refractivity contribution in [3.63, 3.8) is 0 Å². The number of nitrogens with one attached hydrogen (secondary N) is 2. The molecule has 0 saturated carbocycles. The molecule has 0 aliphatic carbocycles. The fourth-order valence-corrected chi connectivity index (χ4v) is 3.29. The summed E-state index contributed by atoms with van der Waals surface area (Å²) in [5.74, 6) is -0.465. The fourth-order valence-electron chi connectivity index (χ4n) is 3.07. The van der Waals surface area contributed by atoms with E-state index in [2.05, 4.69) is 10.6 Å². The zero-order valence-corrected chi connectivity index (χ0v) is 16.1. The van der Waals surface area contributed by atoms with Crippen LogP contribution in [0.4, 0.5) is 0 Å². The van der Waals surface area contributed by atoms with Gasteiger partial charge in [0.1, 0.15) is 0 Å². The van der Waals surface area contributed by atoms with Crippen molar-refractivity contribution in [1.29, 1.82) is 0 Å². The molecule has 0 saturated heterocycles. The van der Waals surface area contributed by atoms with Gasteiger partial charge in [0.15, 0.2) is 10.9 Å². The largest absolute Gasteiger partial charge is 0.465 e. The molecule has 1 atom stereocenters. The van der Waals surface area contributed by atoms with Crippen molar-refractivity contribution in [2.75, 3.05) is 7.11 Å². The molecule has 3 rings (SSSR count). The molecular formula is C21H20N2O3S. The highest BCUT2D eigenvalue weighted by Crippen LogP contribution is 2.32. The number of thiocarbonyl (C=S) groups is 1. The van der Waals surface area contributed by atoms with Crippen molar-refractivity contribution in [2.24, 2.45) is 0 Å². The second-order valence-electron chi connectivity index (χ2n) is 6.36. The molecule has 27 heavy (non-hydrogen) atoms. The molecule has 0 radical (unpaired) electrons. The van der Waals surface area contributed by atoms with Crippen LogP contribution in [0.3, 0.4) is 0 Å². The van der Waals surface area contributed by atoms with E-state index in [0.717, 1.165) is 16.7 Å². The van der Waals surface area contributed by atoms with E-state index in [1.54, 1.807) is 24.3 Å². The van der Waals surface area contributed by atoms with Crippen molar-refractivity contribution in [2.45, 2.75) is 19.9 Å². The molecule has 0 aromatic heterocycles. The lowest BCUT2D eigenvalue weighted by molar-refractivity contribution is -0.113. The average Bonchev–Trinajstić information content (AvgIpc) is 2.67. The highest BCUT2D eigenvalue weighted by Gasteiger charge is 2.30. The van der Waals surface area contributed by atoms with Gasteiger partial charge < -0.3 is 15.4 Å². The minimum atomic E-state index is -0.405. The van der Waals surface area contributed by atoms with Crippen LogP contribution in [0.15, 0.2) is 54.1 Å². The van der Waals surface area contributed by atoms with Crippen molar-refractivity contribution in [3.8, 4) is 0 Å². The Kier molecular flexibility index (Phi) is 5.37. The van der Waals surface area contributed by atoms with Gasteiger partial charge in [0.2, 0.25) is 0 Å². The van der Waals surface area contributed by atoms with E-state index in [1.165, 1.54) is 14.0 Å². The van der Waals surface area contributed by atoms with Gasteiger partial charge in [-0.05, 0) is 49.3 Å². The maximum Gasteiger partial charge on any atom is 0.337 e. The molecule has 2 aromatic carbocycles. The molecule has 0 spiro atoms. The fraction of sp³-hybridized carbons (Fsp3) is 0.190. The van der Waals surface area contributed by atoms with Gasteiger partial charge in [0.05, 0.1) is 24.4 Å². The Morgan fingerprint density at radius 2 is 1.67 bits per heavy atom. The second kappa shape index (κ2) is 7.72. The van der Waals surface area contributed by atoms with Gasteiger partial charge in [0.25, 0.3) is 0 Å². The molecule has 138 valence electrons. The van der Waals surface area contributed by atoms with Gasteiger partial charge in [-0.3, -0.25) is 4.79 Å². The van der Waals surface area contributed by atoms with Crippen LogP contribution in [0.2, 0.25) is 0 Å². The summed E-state index contributed by atoms with van der Waals surface area (Å²) in [6, 6.07) is 14.5. The van der Waals surface area contributed by atoms with Crippen LogP contribution in [0.1, 0.15) is 40.0 Å². The predicted molar refractivity (Wildman–Crippen MR) is 108 cm³/mol. The average molecular weight is 380 g/mol. The summed E-state index contributed by atoms with van der Waals surface area (Å²) < 4.78 is 4.73. The number of carbonyl (C=O) groups is 2. The van der Waals surface area contributed by atoms with Crippen LogP contribution in [-0.4, -0.2) is 24.0 Å². The number of rotatable bonds is 4. The number of hydrogen-bond acceptors (Lipinski definition) is 4. The summed E-state index contributed by atoms with van der Waals surface area (Å²) in [5, 5.41) is 6.73. The summed E-state index contributed by atoms with van der Waals surface area (Å²) in [4.78, 5) is 24.2. The first-order chi connectivity index (χ1) is 12.9. The minimum Gasteiger partial charge on any atom is -0.465 e. The zero-order valence-electron chi connectivity index (χ0n) is 15.3. The monoisotopic (exact) mass is 380 g/mol. The molecule has 1 heterocycles. The first-order valence-corrected chi connectivity index (χ1v) is 8.89. The number of ketones is 1. The van der Waals surface area contributed by atoms with Crippen LogP contribution < -0.4 is 10.6 Å². The van der Waals surface area contributed by atoms with Crippen LogP contribution in [-0.2, 0) is 9.53 Å².